The number of piperazine rings is 1. The minimum atomic E-state index is -3.79. The van der Waals surface area contributed by atoms with Crippen LogP contribution in [-0.4, -0.2) is 54.3 Å². The standard InChI is InChI=1S/C20H19Cl2N3O3S2/c21-16-5-1-7-18(19(16)22)30(27,28)25-11-9-23(10-12-25)20(26)17-6-2-8-24(17)14-15-4-3-13-29-15/h1-8,13H,9-12,14H2. The molecule has 0 bridgehead atoms. The van der Waals surface area contributed by atoms with Gasteiger partial charge in [-0.15, -0.1) is 11.3 Å². The first-order valence-electron chi connectivity index (χ1n) is 9.29. The molecular weight excluding hydrogens is 465 g/mol. The van der Waals surface area contributed by atoms with E-state index in [0.717, 1.165) is 4.88 Å². The zero-order valence-electron chi connectivity index (χ0n) is 15.9. The van der Waals surface area contributed by atoms with E-state index < -0.39 is 10.0 Å². The van der Waals surface area contributed by atoms with Crippen LogP contribution in [0, 0.1) is 0 Å². The Labute approximate surface area is 189 Å². The van der Waals surface area contributed by atoms with Crippen LogP contribution in [0.1, 0.15) is 15.4 Å². The van der Waals surface area contributed by atoms with Crippen molar-refractivity contribution in [1.82, 2.24) is 13.8 Å². The van der Waals surface area contributed by atoms with Crippen LogP contribution in [0.25, 0.3) is 0 Å². The molecule has 1 aliphatic rings. The number of aromatic nitrogens is 1. The summed E-state index contributed by atoms with van der Waals surface area (Å²) in [6.45, 7) is 1.64. The Balaban J connectivity index is 1.46. The van der Waals surface area contributed by atoms with E-state index in [1.165, 1.54) is 10.4 Å². The monoisotopic (exact) mass is 483 g/mol. The molecule has 0 aliphatic carbocycles. The predicted octanol–water partition coefficient (Wildman–Crippen LogP) is 4.05. The lowest BCUT2D eigenvalue weighted by molar-refractivity contribution is 0.0687. The summed E-state index contributed by atoms with van der Waals surface area (Å²) in [5.74, 6) is -0.102. The lowest BCUT2D eigenvalue weighted by Gasteiger charge is -2.34. The minimum Gasteiger partial charge on any atom is -0.338 e. The molecule has 1 amide bonds. The molecular formula is C20H19Cl2N3O3S2. The molecule has 0 atom stereocenters. The SMILES string of the molecule is O=C(c1cccn1Cc1cccs1)N1CCN(S(=O)(=O)c2cccc(Cl)c2Cl)CC1. The number of carbonyl (C=O) groups is 1. The summed E-state index contributed by atoms with van der Waals surface area (Å²) < 4.78 is 29.2. The average molecular weight is 484 g/mol. The smallest absolute Gasteiger partial charge is 0.270 e. The fourth-order valence-electron chi connectivity index (χ4n) is 3.43. The summed E-state index contributed by atoms with van der Waals surface area (Å²) in [6, 6.07) is 12.2. The van der Waals surface area contributed by atoms with E-state index in [9.17, 15) is 13.2 Å². The fourth-order valence-corrected chi connectivity index (χ4v) is 6.29. The number of hydrogen-bond acceptors (Lipinski definition) is 4. The largest absolute Gasteiger partial charge is 0.338 e. The van der Waals surface area contributed by atoms with Crippen LogP contribution in [0.5, 0.6) is 0 Å². The van der Waals surface area contributed by atoms with Crippen molar-refractivity contribution in [3.63, 3.8) is 0 Å². The van der Waals surface area contributed by atoms with Gasteiger partial charge in [0, 0.05) is 37.3 Å². The Morgan fingerprint density at radius 2 is 1.77 bits per heavy atom. The van der Waals surface area contributed by atoms with Crippen molar-refractivity contribution in [3.8, 4) is 0 Å². The number of hydrogen-bond donors (Lipinski definition) is 0. The molecule has 30 heavy (non-hydrogen) atoms. The van der Waals surface area contributed by atoms with Crippen molar-refractivity contribution in [2.75, 3.05) is 26.2 Å². The van der Waals surface area contributed by atoms with Gasteiger partial charge >= 0.3 is 0 Å². The van der Waals surface area contributed by atoms with E-state index in [1.807, 2.05) is 34.3 Å². The molecule has 0 unspecified atom stereocenters. The van der Waals surface area contributed by atoms with Crippen LogP contribution >= 0.6 is 34.5 Å². The number of amides is 1. The van der Waals surface area contributed by atoms with E-state index in [1.54, 1.807) is 34.4 Å². The first-order valence-corrected chi connectivity index (χ1v) is 12.4. The molecule has 6 nitrogen and oxygen atoms in total. The molecule has 1 saturated heterocycles. The zero-order chi connectivity index (χ0) is 21.3. The second-order valence-corrected chi connectivity index (χ2v) is 10.6. The van der Waals surface area contributed by atoms with Crippen molar-refractivity contribution < 1.29 is 13.2 Å². The maximum atomic E-state index is 13.0. The molecule has 0 saturated carbocycles. The van der Waals surface area contributed by atoms with Gasteiger partial charge in [-0.2, -0.15) is 4.31 Å². The van der Waals surface area contributed by atoms with Crippen molar-refractivity contribution in [1.29, 1.82) is 0 Å². The van der Waals surface area contributed by atoms with Gasteiger partial charge in [0.15, 0.2) is 0 Å². The first-order chi connectivity index (χ1) is 14.4. The highest BCUT2D eigenvalue weighted by Gasteiger charge is 2.32. The Hall–Kier alpha value is -1.84. The second-order valence-electron chi connectivity index (χ2n) is 6.85. The summed E-state index contributed by atoms with van der Waals surface area (Å²) >= 11 is 13.7. The molecule has 4 rings (SSSR count). The molecule has 1 aromatic carbocycles. The number of halogens is 2. The molecule has 3 aromatic rings. The summed E-state index contributed by atoms with van der Waals surface area (Å²) in [5, 5.41) is 2.22. The third kappa shape index (κ3) is 4.15. The fraction of sp³-hybridized carbons (Fsp3) is 0.250. The van der Waals surface area contributed by atoms with Gasteiger partial charge in [-0.1, -0.05) is 35.3 Å². The number of benzene rings is 1. The van der Waals surface area contributed by atoms with Gasteiger partial charge in [0.05, 0.1) is 16.6 Å². The number of thiophene rings is 1. The lowest BCUT2D eigenvalue weighted by atomic mass is 10.3. The van der Waals surface area contributed by atoms with Gasteiger partial charge in [-0.25, -0.2) is 8.42 Å². The van der Waals surface area contributed by atoms with Crippen LogP contribution in [-0.2, 0) is 16.6 Å². The van der Waals surface area contributed by atoms with Crippen LogP contribution < -0.4 is 0 Å². The van der Waals surface area contributed by atoms with Gasteiger partial charge in [0.1, 0.15) is 10.6 Å². The maximum absolute atomic E-state index is 13.0. The topological polar surface area (TPSA) is 62.6 Å². The molecule has 3 heterocycles. The summed E-state index contributed by atoms with van der Waals surface area (Å²) in [6.07, 6.45) is 1.88. The number of rotatable bonds is 5. The van der Waals surface area contributed by atoms with Gasteiger partial charge in [0.25, 0.3) is 5.91 Å². The van der Waals surface area contributed by atoms with Crippen molar-refractivity contribution in [2.45, 2.75) is 11.4 Å². The highest BCUT2D eigenvalue weighted by molar-refractivity contribution is 7.89. The lowest BCUT2D eigenvalue weighted by Crippen LogP contribution is -2.50. The summed E-state index contributed by atoms with van der Waals surface area (Å²) in [4.78, 5) is 15.9. The third-order valence-electron chi connectivity index (χ3n) is 5.01. The molecule has 10 heteroatoms. The summed E-state index contributed by atoms with van der Waals surface area (Å²) in [7, 11) is -3.79. The predicted molar refractivity (Wildman–Crippen MR) is 119 cm³/mol. The maximum Gasteiger partial charge on any atom is 0.270 e. The third-order valence-corrected chi connectivity index (χ3v) is 8.75. The number of sulfonamides is 1. The number of carbonyl (C=O) groups excluding carboxylic acids is 1. The van der Waals surface area contributed by atoms with Gasteiger partial charge in [-0.05, 0) is 35.7 Å². The highest BCUT2D eigenvalue weighted by atomic mass is 35.5. The molecule has 0 radical (unpaired) electrons. The Bertz CT molecular complexity index is 1150. The van der Waals surface area contributed by atoms with Gasteiger partial charge in [0.2, 0.25) is 10.0 Å². The Morgan fingerprint density at radius 3 is 2.47 bits per heavy atom. The molecule has 2 aromatic heterocycles. The van der Waals surface area contributed by atoms with E-state index >= 15 is 0 Å². The quantitative estimate of drug-likeness (QED) is 0.549. The van der Waals surface area contributed by atoms with Crippen molar-refractivity contribution >= 4 is 50.5 Å². The van der Waals surface area contributed by atoms with Crippen LogP contribution in [0.4, 0.5) is 0 Å². The van der Waals surface area contributed by atoms with E-state index in [-0.39, 0.29) is 33.9 Å². The second kappa shape index (κ2) is 8.72. The number of nitrogens with zero attached hydrogens (tertiary/aromatic N) is 3. The van der Waals surface area contributed by atoms with E-state index in [0.29, 0.717) is 25.3 Å². The van der Waals surface area contributed by atoms with Crippen molar-refractivity contribution in [2.24, 2.45) is 0 Å². The molecule has 1 aliphatic heterocycles. The molecule has 0 N–H and O–H groups in total. The van der Waals surface area contributed by atoms with Crippen molar-refractivity contribution in [3.05, 3.63) is 74.7 Å². The molecule has 1 fully saturated rings. The van der Waals surface area contributed by atoms with E-state index in [2.05, 4.69) is 0 Å². The first kappa shape index (κ1) is 21.4. The average Bonchev–Trinajstić information content (AvgIpc) is 3.42. The Morgan fingerprint density at radius 1 is 1.00 bits per heavy atom. The molecule has 158 valence electrons. The summed E-state index contributed by atoms with van der Waals surface area (Å²) in [5.41, 5.74) is 0.595. The minimum absolute atomic E-state index is 0.0127. The Kier molecular flexibility index (Phi) is 6.22. The van der Waals surface area contributed by atoms with Crippen LogP contribution in [0.3, 0.4) is 0 Å². The normalized spacial score (nSPS) is 15.5. The van der Waals surface area contributed by atoms with Crippen LogP contribution in [0.15, 0.2) is 58.9 Å². The molecule has 0 spiro atoms. The highest BCUT2D eigenvalue weighted by Crippen LogP contribution is 2.31. The van der Waals surface area contributed by atoms with Gasteiger partial charge < -0.3 is 9.47 Å². The zero-order valence-corrected chi connectivity index (χ0v) is 19.0. The van der Waals surface area contributed by atoms with Gasteiger partial charge in [-0.3, -0.25) is 4.79 Å². The van der Waals surface area contributed by atoms with Crippen LogP contribution in [0.2, 0.25) is 10.0 Å². The van der Waals surface area contributed by atoms with E-state index in [4.69, 9.17) is 23.2 Å².